The third kappa shape index (κ3) is 10.8. The summed E-state index contributed by atoms with van der Waals surface area (Å²) >= 11 is 1.61. The van der Waals surface area contributed by atoms with Crippen molar-refractivity contribution in [2.75, 3.05) is 19.1 Å². The van der Waals surface area contributed by atoms with Crippen LogP contribution in [0, 0.1) is 0 Å². The molecule has 0 unspecified atom stereocenters. The molecule has 8 heteroatoms. The monoisotopic (exact) mass is 777 g/mol. The van der Waals surface area contributed by atoms with Gasteiger partial charge in [-0.3, -0.25) is 10.2 Å². The van der Waals surface area contributed by atoms with Crippen LogP contribution in [0.4, 0.5) is 4.79 Å². The van der Waals surface area contributed by atoms with Crippen LogP contribution >= 0.6 is 11.8 Å². The summed E-state index contributed by atoms with van der Waals surface area (Å²) in [5, 5.41) is 7.57. The van der Waals surface area contributed by atoms with E-state index in [0.717, 1.165) is 16.7 Å². The minimum Gasteiger partial charge on any atom is -0.648 e. The molecule has 0 heterocycles. The van der Waals surface area contributed by atoms with E-state index in [1.165, 1.54) is 16.7 Å². The fourth-order valence-corrected chi connectivity index (χ4v) is 7.37. The number of nitrogens with zero attached hydrogens (tertiary/aromatic N) is 1. The Kier molecular flexibility index (Phi) is 15.3. The Morgan fingerprint density at radius 1 is 0.579 bits per heavy atom. The summed E-state index contributed by atoms with van der Waals surface area (Å²) in [6, 6.07) is 60.6. The lowest BCUT2D eigenvalue weighted by Gasteiger charge is -2.47. The van der Waals surface area contributed by atoms with Crippen molar-refractivity contribution >= 4 is 23.8 Å². The minimum absolute atomic E-state index is 0.345. The second-order valence-electron chi connectivity index (χ2n) is 14.5. The Morgan fingerprint density at radius 2 is 0.912 bits per heavy atom. The summed E-state index contributed by atoms with van der Waals surface area (Å²) in [5.74, 6) is 0.358. The van der Waals surface area contributed by atoms with Gasteiger partial charge in [0.05, 0.1) is 0 Å². The lowest BCUT2D eigenvalue weighted by Crippen LogP contribution is -2.58. The average molecular weight is 778 g/mol. The van der Waals surface area contributed by atoms with Gasteiger partial charge in [-0.1, -0.05) is 199 Å². The van der Waals surface area contributed by atoms with Crippen molar-refractivity contribution in [3.05, 3.63) is 221 Å². The number of hydrazine groups is 1. The largest absolute Gasteiger partial charge is 0.648 e. The molecule has 6 aromatic rings. The molecule has 0 saturated heterocycles. The number of benzene rings is 6. The Morgan fingerprint density at radius 3 is 1.21 bits per heavy atom. The van der Waals surface area contributed by atoms with Crippen molar-refractivity contribution in [3.63, 3.8) is 0 Å². The molecule has 6 aromatic carbocycles. The number of ether oxygens (including phenoxy) is 1. The number of alkyl carbamates (subject to hydrolysis) is 1. The van der Waals surface area contributed by atoms with Gasteiger partial charge in [0.15, 0.2) is 0 Å². The van der Waals surface area contributed by atoms with Crippen molar-refractivity contribution < 1.29 is 14.3 Å². The maximum atomic E-state index is 13.4. The topological polar surface area (TPSA) is 93.6 Å². The summed E-state index contributed by atoms with van der Waals surface area (Å²) in [6.45, 7) is 5.37. The molecule has 0 aliphatic carbocycles. The predicted molar refractivity (Wildman–Crippen MR) is 235 cm³/mol. The molecule has 0 aliphatic heterocycles. The first-order chi connectivity index (χ1) is 27.6. The average Bonchev–Trinajstić information content (AvgIpc) is 3.25. The molecule has 0 bridgehead atoms. The van der Waals surface area contributed by atoms with Crippen molar-refractivity contribution in [2.45, 2.75) is 49.9 Å². The molecule has 0 fully saturated rings. The second kappa shape index (κ2) is 20.5. The fourth-order valence-electron chi connectivity index (χ4n) is 6.90. The highest BCUT2D eigenvalue weighted by Gasteiger charge is 2.37. The number of thioether (sulfide) groups is 1. The summed E-state index contributed by atoms with van der Waals surface area (Å²) in [4.78, 5) is 25.9. The van der Waals surface area contributed by atoms with Gasteiger partial charge in [0.25, 0.3) is 5.91 Å². The van der Waals surface area contributed by atoms with E-state index in [4.69, 9.17) is 10.1 Å². The zero-order chi connectivity index (χ0) is 40.6. The van der Waals surface area contributed by atoms with Crippen LogP contribution in [0.2, 0.25) is 0 Å². The van der Waals surface area contributed by atoms with Crippen molar-refractivity contribution in [2.24, 2.45) is 0 Å². The maximum Gasteiger partial charge on any atom is 0.408 e. The third-order valence-electron chi connectivity index (χ3n) is 9.52. The third-order valence-corrected chi connectivity index (χ3v) is 10.2. The first-order valence-electron chi connectivity index (χ1n) is 19.1. The molecule has 3 N–H and O–H groups in total. The smallest absolute Gasteiger partial charge is 0.408 e. The van der Waals surface area contributed by atoms with E-state index in [1.54, 1.807) is 32.5 Å². The van der Waals surface area contributed by atoms with Crippen LogP contribution < -0.4 is 16.2 Å². The SMILES string of the molecule is CSCC[C@H](NC(=O)OC(C)(C)C)C(=O)NNC(c1ccccc1)(c1ccccc1)c1ccccc1.C[N-]C(c1ccccc1)(c1ccccc1)c1ccccc1. The van der Waals surface area contributed by atoms with Gasteiger partial charge in [0.2, 0.25) is 0 Å². The van der Waals surface area contributed by atoms with Gasteiger partial charge in [0, 0.05) is 0 Å². The molecule has 0 radical (unpaired) electrons. The molecule has 2 amide bonds. The van der Waals surface area contributed by atoms with Gasteiger partial charge < -0.3 is 15.4 Å². The molecule has 0 spiro atoms. The van der Waals surface area contributed by atoms with Crippen LogP contribution in [0.25, 0.3) is 5.32 Å². The van der Waals surface area contributed by atoms with Crippen molar-refractivity contribution in [1.82, 2.24) is 16.2 Å². The van der Waals surface area contributed by atoms with Crippen LogP contribution in [-0.4, -0.2) is 42.7 Å². The normalized spacial score (nSPS) is 12.0. The Bertz CT molecular complexity index is 1890. The van der Waals surface area contributed by atoms with E-state index >= 15 is 0 Å². The summed E-state index contributed by atoms with van der Waals surface area (Å²) in [5.41, 5.74) is 10.7. The lowest BCUT2D eigenvalue weighted by atomic mass is 9.77. The number of rotatable bonds is 14. The lowest BCUT2D eigenvalue weighted by molar-refractivity contribution is -0.124. The minimum atomic E-state index is -0.866. The predicted octanol–water partition coefficient (Wildman–Crippen LogP) is 10.2. The number of amides is 2. The standard InChI is InChI=1S/C29H35N3O3S.C20H18N/c1-28(2,3)35-27(34)30-25(20-21-36-4)26(33)31-32-29(22-14-8-5-9-15-22,23-16-10-6-11-17-23)24-18-12-7-13-19-24;1-21-20(17-11-5-2-6-12-17,18-13-7-3-8-14-18)19-15-9-4-10-16-19/h5-19,25,32H,20-21H2,1-4H3,(H,30,34)(H,31,33);2-16H,1H3/q;-1/t25-;/m0./s1. The highest BCUT2D eigenvalue weighted by Crippen LogP contribution is 2.42. The van der Waals surface area contributed by atoms with Crippen molar-refractivity contribution in [1.29, 1.82) is 0 Å². The van der Waals surface area contributed by atoms with Crippen LogP contribution in [0.1, 0.15) is 60.6 Å². The number of hydrogen-bond donors (Lipinski definition) is 3. The van der Waals surface area contributed by atoms with Gasteiger partial charge in [-0.25, -0.2) is 10.2 Å². The molecule has 57 heavy (non-hydrogen) atoms. The summed E-state index contributed by atoms with van der Waals surface area (Å²) < 4.78 is 5.39. The first kappa shape index (κ1) is 42.5. The fraction of sp³-hybridized carbons (Fsp3) is 0.224. The second-order valence-corrected chi connectivity index (χ2v) is 15.5. The maximum absolute atomic E-state index is 13.4. The molecular formula is C49H53N4O3S-. The molecular weight excluding hydrogens is 725 g/mol. The number of carbonyl (C=O) groups is 2. The Balaban J connectivity index is 0.000000249. The van der Waals surface area contributed by atoms with E-state index in [-0.39, 0.29) is 5.91 Å². The molecule has 0 aliphatic rings. The van der Waals surface area contributed by atoms with Gasteiger partial charge in [-0.15, -0.1) is 0 Å². The molecule has 6 rings (SSSR count). The quantitative estimate of drug-likeness (QED) is 0.0757. The van der Waals surface area contributed by atoms with Crippen LogP contribution in [0.5, 0.6) is 0 Å². The van der Waals surface area contributed by atoms with Crippen LogP contribution in [-0.2, 0) is 20.6 Å². The highest BCUT2D eigenvalue weighted by molar-refractivity contribution is 7.98. The first-order valence-corrected chi connectivity index (χ1v) is 20.5. The van der Waals surface area contributed by atoms with E-state index in [2.05, 4.69) is 89.0 Å². The van der Waals surface area contributed by atoms with Gasteiger partial charge in [-0.05, 0) is 61.4 Å². The van der Waals surface area contributed by atoms with Crippen LogP contribution in [0.3, 0.4) is 0 Å². The van der Waals surface area contributed by atoms with Gasteiger partial charge in [0.1, 0.15) is 17.2 Å². The number of carbonyl (C=O) groups excluding carboxylic acids is 2. The van der Waals surface area contributed by atoms with E-state index in [9.17, 15) is 9.59 Å². The van der Waals surface area contributed by atoms with Gasteiger partial charge in [-0.2, -0.15) is 18.8 Å². The Hall–Kier alpha value is -5.67. The van der Waals surface area contributed by atoms with Crippen molar-refractivity contribution in [3.8, 4) is 0 Å². The molecule has 0 saturated carbocycles. The molecule has 294 valence electrons. The zero-order valence-corrected chi connectivity index (χ0v) is 34.2. The summed E-state index contributed by atoms with van der Waals surface area (Å²) in [7, 11) is 1.90. The van der Waals surface area contributed by atoms with Gasteiger partial charge >= 0.3 is 6.09 Å². The zero-order valence-electron chi connectivity index (χ0n) is 33.4. The van der Waals surface area contributed by atoms with E-state index < -0.39 is 28.8 Å². The number of nitrogens with one attached hydrogen (secondary N) is 3. The van der Waals surface area contributed by atoms with E-state index in [1.807, 2.05) is 122 Å². The Labute approximate surface area is 342 Å². The number of hydrogen-bond acceptors (Lipinski definition) is 5. The molecule has 7 nitrogen and oxygen atoms in total. The summed E-state index contributed by atoms with van der Waals surface area (Å²) in [6.07, 6.45) is 1.80. The highest BCUT2D eigenvalue weighted by atomic mass is 32.2. The molecule has 1 atom stereocenters. The van der Waals surface area contributed by atoms with E-state index in [0.29, 0.717) is 12.2 Å². The molecule has 0 aromatic heterocycles. The van der Waals surface area contributed by atoms with Crippen LogP contribution in [0.15, 0.2) is 182 Å².